The van der Waals surface area contributed by atoms with Crippen LogP contribution in [0.5, 0.6) is 0 Å². The summed E-state index contributed by atoms with van der Waals surface area (Å²) in [5.41, 5.74) is 2.14. The van der Waals surface area contributed by atoms with E-state index in [4.69, 9.17) is 4.74 Å². The molecule has 23 heavy (non-hydrogen) atoms. The van der Waals surface area contributed by atoms with Crippen LogP contribution in [0.4, 0.5) is 5.82 Å². The molecule has 1 aromatic heterocycles. The number of anilines is 1. The monoisotopic (exact) mass is 438 g/mol. The lowest BCUT2D eigenvalue weighted by molar-refractivity contribution is 0.103. The number of halogens is 2. The molecule has 1 saturated heterocycles. The minimum atomic E-state index is -0.00740. The van der Waals surface area contributed by atoms with Crippen molar-refractivity contribution in [1.82, 2.24) is 4.98 Å². The summed E-state index contributed by atoms with van der Waals surface area (Å²) in [6.07, 6.45) is 0. The standard InChI is InChI=1S/C17H16Br2N2O2/c1-11-6-12(9-16(20-11)21-2-4-23-5-3-21)17(22)13-7-14(18)10-15(19)8-13/h6-10H,2-5H2,1H3. The molecule has 1 aliphatic heterocycles. The van der Waals surface area contributed by atoms with E-state index in [0.717, 1.165) is 33.5 Å². The SMILES string of the molecule is Cc1cc(C(=O)c2cc(Br)cc(Br)c2)cc(N2CCOCC2)n1. The molecule has 120 valence electrons. The van der Waals surface area contributed by atoms with Crippen molar-refractivity contribution in [3.05, 3.63) is 56.1 Å². The zero-order valence-corrected chi connectivity index (χ0v) is 15.9. The van der Waals surface area contributed by atoms with Crippen molar-refractivity contribution < 1.29 is 9.53 Å². The van der Waals surface area contributed by atoms with E-state index in [0.29, 0.717) is 24.3 Å². The number of aryl methyl sites for hydroxylation is 1. The van der Waals surface area contributed by atoms with E-state index in [9.17, 15) is 4.79 Å². The lowest BCUT2D eigenvalue weighted by Gasteiger charge is -2.28. The van der Waals surface area contributed by atoms with Gasteiger partial charge in [-0.05, 0) is 37.3 Å². The smallest absolute Gasteiger partial charge is 0.193 e. The van der Waals surface area contributed by atoms with Crippen LogP contribution in [0.1, 0.15) is 21.6 Å². The second-order valence-corrected chi connectivity index (χ2v) is 7.27. The molecule has 0 bridgehead atoms. The van der Waals surface area contributed by atoms with Gasteiger partial charge in [-0.2, -0.15) is 0 Å². The Labute approximate surface area is 152 Å². The van der Waals surface area contributed by atoms with Gasteiger partial charge in [-0.25, -0.2) is 4.98 Å². The maximum Gasteiger partial charge on any atom is 0.193 e. The first kappa shape index (κ1) is 16.6. The van der Waals surface area contributed by atoms with Gasteiger partial charge in [0.05, 0.1) is 13.2 Å². The Kier molecular flexibility index (Phi) is 5.14. The summed E-state index contributed by atoms with van der Waals surface area (Å²) in [5, 5.41) is 0. The third-order valence-electron chi connectivity index (χ3n) is 3.66. The molecule has 1 aliphatic rings. The maximum atomic E-state index is 12.8. The van der Waals surface area contributed by atoms with E-state index in [1.165, 1.54) is 0 Å². The molecule has 0 N–H and O–H groups in total. The van der Waals surface area contributed by atoms with Gasteiger partial charge in [0, 0.05) is 38.9 Å². The number of pyridine rings is 1. The van der Waals surface area contributed by atoms with E-state index >= 15 is 0 Å². The fourth-order valence-corrected chi connectivity index (χ4v) is 3.88. The van der Waals surface area contributed by atoms with Crippen LogP contribution in [0, 0.1) is 6.92 Å². The van der Waals surface area contributed by atoms with E-state index in [-0.39, 0.29) is 5.78 Å². The minimum Gasteiger partial charge on any atom is -0.378 e. The van der Waals surface area contributed by atoms with Gasteiger partial charge in [-0.3, -0.25) is 4.79 Å². The summed E-state index contributed by atoms with van der Waals surface area (Å²) < 4.78 is 7.12. The average molecular weight is 440 g/mol. The average Bonchev–Trinajstić information content (AvgIpc) is 2.53. The number of ketones is 1. The molecular weight excluding hydrogens is 424 g/mol. The van der Waals surface area contributed by atoms with E-state index in [1.54, 1.807) is 0 Å². The van der Waals surface area contributed by atoms with Crippen LogP contribution in [0.15, 0.2) is 39.3 Å². The number of nitrogens with zero attached hydrogens (tertiary/aromatic N) is 2. The molecule has 0 saturated carbocycles. The molecular formula is C17H16Br2N2O2. The van der Waals surface area contributed by atoms with Crippen molar-refractivity contribution in [1.29, 1.82) is 0 Å². The number of carbonyl (C=O) groups is 1. The van der Waals surface area contributed by atoms with Gasteiger partial charge in [0.15, 0.2) is 5.78 Å². The largest absolute Gasteiger partial charge is 0.378 e. The van der Waals surface area contributed by atoms with Gasteiger partial charge in [0.2, 0.25) is 0 Å². The molecule has 2 heterocycles. The number of ether oxygens (including phenoxy) is 1. The predicted octanol–water partition coefficient (Wildman–Crippen LogP) is 3.98. The molecule has 0 unspecified atom stereocenters. The van der Waals surface area contributed by atoms with Crippen molar-refractivity contribution in [2.75, 3.05) is 31.2 Å². The number of rotatable bonds is 3. The van der Waals surface area contributed by atoms with Gasteiger partial charge >= 0.3 is 0 Å². The fourth-order valence-electron chi connectivity index (χ4n) is 2.59. The molecule has 4 nitrogen and oxygen atoms in total. The highest BCUT2D eigenvalue weighted by molar-refractivity contribution is 9.11. The Hall–Kier alpha value is -1.24. The summed E-state index contributed by atoms with van der Waals surface area (Å²) >= 11 is 6.86. The predicted molar refractivity (Wildman–Crippen MR) is 97.3 cm³/mol. The third kappa shape index (κ3) is 4.00. The molecule has 0 spiro atoms. The molecule has 1 aromatic carbocycles. The summed E-state index contributed by atoms with van der Waals surface area (Å²) in [6.45, 7) is 4.89. The van der Waals surface area contributed by atoms with Crippen LogP contribution in [-0.4, -0.2) is 37.1 Å². The van der Waals surface area contributed by atoms with E-state index in [2.05, 4.69) is 41.7 Å². The normalized spacial score (nSPS) is 14.8. The number of benzene rings is 1. The van der Waals surface area contributed by atoms with Crippen LogP contribution >= 0.6 is 31.9 Å². The first-order chi connectivity index (χ1) is 11.0. The topological polar surface area (TPSA) is 42.4 Å². The number of morpholine rings is 1. The molecule has 0 aliphatic carbocycles. The van der Waals surface area contributed by atoms with Crippen LogP contribution in [-0.2, 0) is 4.74 Å². The summed E-state index contributed by atoms with van der Waals surface area (Å²) in [7, 11) is 0. The summed E-state index contributed by atoms with van der Waals surface area (Å²) in [6, 6.07) is 9.28. The maximum absolute atomic E-state index is 12.8. The lowest BCUT2D eigenvalue weighted by Crippen LogP contribution is -2.37. The number of hydrogen-bond acceptors (Lipinski definition) is 4. The number of carbonyl (C=O) groups excluding carboxylic acids is 1. The van der Waals surface area contributed by atoms with Crippen LogP contribution < -0.4 is 4.90 Å². The number of aromatic nitrogens is 1. The Morgan fingerprint density at radius 2 is 1.65 bits per heavy atom. The Morgan fingerprint density at radius 1 is 1.04 bits per heavy atom. The molecule has 2 aromatic rings. The van der Waals surface area contributed by atoms with Crippen molar-refractivity contribution in [2.45, 2.75) is 6.92 Å². The molecule has 6 heteroatoms. The first-order valence-corrected chi connectivity index (χ1v) is 8.94. The summed E-state index contributed by atoms with van der Waals surface area (Å²) in [4.78, 5) is 19.6. The molecule has 0 amide bonds. The van der Waals surface area contributed by atoms with Gasteiger partial charge in [-0.15, -0.1) is 0 Å². The van der Waals surface area contributed by atoms with Crippen molar-refractivity contribution in [3.8, 4) is 0 Å². The third-order valence-corrected chi connectivity index (χ3v) is 4.58. The van der Waals surface area contributed by atoms with Crippen LogP contribution in [0.3, 0.4) is 0 Å². The van der Waals surface area contributed by atoms with Crippen molar-refractivity contribution in [2.24, 2.45) is 0 Å². The fraction of sp³-hybridized carbons (Fsp3) is 0.294. The Bertz CT molecular complexity index is 723. The van der Waals surface area contributed by atoms with Gasteiger partial charge < -0.3 is 9.64 Å². The molecule has 3 rings (SSSR count). The molecule has 1 fully saturated rings. The van der Waals surface area contributed by atoms with Crippen LogP contribution in [0.25, 0.3) is 0 Å². The highest BCUT2D eigenvalue weighted by Crippen LogP contribution is 2.24. The van der Waals surface area contributed by atoms with Crippen LogP contribution in [0.2, 0.25) is 0 Å². The quantitative estimate of drug-likeness (QED) is 0.678. The van der Waals surface area contributed by atoms with Crippen molar-refractivity contribution in [3.63, 3.8) is 0 Å². The lowest BCUT2D eigenvalue weighted by atomic mass is 10.0. The van der Waals surface area contributed by atoms with E-state index in [1.807, 2.05) is 37.3 Å². The number of hydrogen-bond donors (Lipinski definition) is 0. The Balaban J connectivity index is 1.95. The molecule has 0 atom stereocenters. The van der Waals surface area contributed by atoms with E-state index < -0.39 is 0 Å². The molecule has 0 radical (unpaired) electrons. The van der Waals surface area contributed by atoms with Gasteiger partial charge in [0.1, 0.15) is 5.82 Å². The first-order valence-electron chi connectivity index (χ1n) is 7.35. The highest BCUT2D eigenvalue weighted by atomic mass is 79.9. The zero-order chi connectivity index (χ0) is 16.4. The minimum absolute atomic E-state index is 0.00740. The second-order valence-electron chi connectivity index (χ2n) is 5.44. The summed E-state index contributed by atoms with van der Waals surface area (Å²) in [5.74, 6) is 0.831. The highest BCUT2D eigenvalue weighted by Gasteiger charge is 2.17. The zero-order valence-electron chi connectivity index (χ0n) is 12.7. The van der Waals surface area contributed by atoms with Gasteiger partial charge in [-0.1, -0.05) is 31.9 Å². The van der Waals surface area contributed by atoms with Crippen molar-refractivity contribution >= 4 is 43.5 Å². The Morgan fingerprint density at radius 3 is 2.30 bits per heavy atom. The van der Waals surface area contributed by atoms with Gasteiger partial charge in [0.25, 0.3) is 0 Å². The second kappa shape index (κ2) is 7.11.